The molecule has 0 aromatic rings. The molecule has 0 spiro atoms. The highest BCUT2D eigenvalue weighted by atomic mass is 16.5. The van der Waals surface area contributed by atoms with Crippen molar-refractivity contribution in [2.45, 2.75) is 46.0 Å². The first-order chi connectivity index (χ1) is 9.11. The zero-order chi connectivity index (χ0) is 14.3. The highest BCUT2D eigenvalue weighted by molar-refractivity contribution is 5.95. The molecule has 1 aliphatic carbocycles. The van der Waals surface area contributed by atoms with Crippen LogP contribution in [0.15, 0.2) is 12.2 Å². The van der Waals surface area contributed by atoms with Crippen LogP contribution < -0.4 is 0 Å². The van der Waals surface area contributed by atoms with Crippen LogP contribution in [-0.2, 0) is 19.1 Å². The highest BCUT2D eigenvalue weighted by Crippen LogP contribution is 2.34. The standard InChI is InChI=1S/C15H24O4/c1-4-18-14(16)11(3)13(15(17)19-5-2)12-9-7-6-8-10-12/h12-13H,3-10H2,1-2H3. The van der Waals surface area contributed by atoms with Crippen LogP contribution in [0.25, 0.3) is 0 Å². The molecule has 0 saturated heterocycles. The lowest BCUT2D eigenvalue weighted by atomic mass is 9.77. The van der Waals surface area contributed by atoms with Crippen LogP contribution in [0.1, 0.15) is 46.0 Å². The van der Waals surface area contributed by atoms with Gasteiger partial charge in [-0.1, -0.05) is 25.8 Å². The average molecular weight is 268 g/mol. The molecule has 4 heteroatoms. The molecule has 1 unspecified atom stereocenters. The van der Waals surface area contributed by atoms with E-state index in [0.717, 1.165) is 25.7 Å². The summed E-state index contributed by atoms with van der Waals surface area (Å²) in [7, 11) is 0. The van der Waals surface area contributed by atoms with Crippen molar-refractivity contribution in [3.63, 3.8) is 0 Å². The highest BCUT2D eigenvalue weighted by Gasteiger charge is 2.36. The first-order valence-electron chi connectivity index (χ1n) is 7.14. The van der Waals surface area contributed by atoms with Crippen molar-refractivity contribution in [2.24, 2.45) is 11.8 Å². The maximum absolute atomic E-state index is 12.1. The summed E-state index contributed by atoms with van der Waals surface area (Å²) in [5.41, 5.74) is 0.243. The summed E-state index contributed by atoms with van der Waals surface area (Å²) in [6, 6.07) is 0. The fourth-order valence-corrected chi connectivity index (χ4v) is 2.67. The lowest BCUT2D eigenvalue weighted by molar-refractivity contribution is -0.152. The van der Waals surface area contributed by atoms with Gasteiger partial charge >= 0.3 is 11.9 Å². The zero-order valence-electron chi connectivity index (χ0n) is 11.9. The van der Waals surface area contributed by atoms with Crippen LogP contribution in [0, 0.1) is 11.8 Å². The first kappa shape index (κ1) is 15.7. The van der Waals surface area contributed by atoms with Crippen molar-refractivity contribution in [1.29, 1.82) is 0 Å². The zero-order valence-corrected chi connectivity index (χ0v) is 11.9. The topological polar surface area (TPSA) is 52.6 Å². The molecular weight excluding hydrogens is 244 g/mol. The van der Waals surface area contributed by atoms with Crippen molar-refractivity contribution in [1.82, 2.24) is 0 Å². The Morgan fingerprint density at radius 3 is 2.21 bits per heavy atom. The van der Waals surface area contributed by atoms with E-state index in [2.05, 4.69) is 6.58 Å². The minimum atomic E-state index is -0.542. The van der Waals surface area contributed by atoms with Crippen LogP contribution in [0.3, 0.4) is 0 Å². The Morgan fingerprint density at radius 1 is 1.11 bits per heavy atom. The number of ether oxygens (including phenoxy) is 2. The van der Waals surface area contributed by atoms with Crippen molar-refractivity contribution < 1.29 is 19.1 Å². The molecule has 1 aliphatic rings. The second-order valence-electron chi connectivity index (χ2n) is 4.87. The van der Waals surface area contributed by atoms with Crippen LogP contribution in [0.2, 0.25) is 0 Å². The van der Waals surface area contributed by atoms with E-state index in [1.165, 1.54) is 6.42 Å². The van der Waals surface area contributed by atoms with Gasteiger partial charge < -0.3 is 9.47 Å². The van der Waals surface area contributed by atoms with Gasteiger partial charge in [0.2, 0.25) is 0 Å². The summed E-state index contributed by atoms with van der Waals surface area (Å²) in [6.07, 6.45) is 5.27. The van der Waals surface area contributed by atoms with E-state index in [9.17, 15) is 9.59 Å². The molecular formula is C15H24O4. The largest absolute Gasteiger partial charge is 0.466 e. The lowest BCUT2D eigenvalue weighted by Gasteiger charge is -2.29. The summed E-state index contributed by atoms with van der Waals surface area (Å²) < 4.78 is 10.1. The van der Waals surface area contributed by atoms with Gasteiger partial charge in [-0.05, 0) is 32.6 Å². The third kappa shape index (κ3) is 4.37. The van der Waals surface area contributed by atoms with Crippen molar-refractivity contribution in [3.8, 4) is 0 Å². The van der Waals surface area contributed by atoms with Gasteiger partial charge in [-0.2, -0.15) is 0 Å². The molecule has 1 rings (SSSR count). The van der Waals surface area contributed by atoms with Crippen LogP contribution in [0.4, 0.5) is 0 Å². The molecule has 0 heterocycles. The predicted octanol–water partition coefficient (Wildman–Crippen LogP) is 2.87. The average Bonchev–Trinajstić information content (AvgIpc) is 2.40. The molecule has 0 aromatic carbocycles. The number of hydrogen-bond acceptors (Lipinski definition) is 4. The van der Waals surface area contributed by atoms with E-state index in [1.807, 2.05) is 0 Å². The fraction of sp³-hybridized carbons (Fsp3) is 0.733. The van der Waals surface area contributed by atoms with Gasteiger partial charge in [0.25, 0.3) is 0 Å². The number of rotatable bonds is 6. The smallest absolute Gasteiger partial charge is 0.334 e. The third-order valence-corrected chi connectivity index (χ3v) is 3.57. The SMILES string of the molecule is C=C(C(=O)OCC)C(C(=O)OCC)C1CCCCC1. The van der Waals surface area contributed by atoms with E-state index in [4.69, 9.17) is 9.47 Å². The second-order valence-corrected chi connectivity index (χ2v) is 4.87. The van der Waals surface area contributed by atoms with Crippen molar-refractivity contribution >= 4 is 11.9 Å². The number of carbonyl (C=O) groups is 2. The molecule has 19 heavy (non-hydrogen) atoms. The van der Waals surface area contributed by atoms with Gasteiger partial charge in [0, 0.05) is 5.57 Å². The van der Waals surface area contributed by atoms with Crippen LogP contribution in [0.5, 0.6) is 0 Å². The van der Waals surface area contributed by atoms with Crippen molar-refractivity contribution in [2.75, 3.05) is 13.2 Å². The van der Waals surface area contributed by atoms with Crippen LogP contribution in [-0.4, -0.2) is 25.2 Å². The Labute approximate surface area is 115 Å². The molecule has 108 valence electrons. The van der Waals surface area contributed by atoms with E-state index in [1.54, 1.807) is 13.8 Å². The molecule has 4 nitrogen and oxygen atoms in total. The van der Waals surface area contributed by atoms with Gasteiger partial charge in [-0.15, -0.1) is 0 Å². The summed E-state index contributed by atoms with van der Waals surface area (Å²) in [6.45, 7) is 7.89. The monoisotopic (exact) mass is 268 g/mol. The number of carbonyl (C=O) groups excluding carboxylic acids is 2. The molecule has 1 fully saturated rings. The number of esters is 2. The van der Waals surface area contributed by atoms with Crippen molar-refractivity contribution in [3.05, 3.63) is 12.2 Å². The molecule has 0 N–H and O–H groups in total. The van der Waals surface area contributed by atoms with E-state index < -0.39 is 11.9 Å². The molecule has 1 saturated carbocycles. The second kappa shape index (κ2) is 7.97. The molecule has 0 bridgehead atoms. The number of hydrogen-bond donors (Lipinski definition) is 0. The lowest BCUT2D eigenvalue weighted by Crippen LogP contribution is -2.32. The Hall–Kier alpha value is -1.32. The molecule has 0 radical (unpaired) electrons. The predicted molar refractivity (Wildman–Crippen MR) is 72.5 cm³/mol. The van der Waals surface area contributed by atoms with E-state index >= 15 is 0 Å². The van der Waals surface area contributed by atoms with Gasteiger partial charge in [-0.25, -0.2) is 4.79 Å². The Morgan fingerprint density at radius 2 is 1.68 bits per heavy atom. The quantitative estimate of drug-likeness (QED) is 0.549. The van der Waals surface area contributed by atoms with Gasteiger partial charge in [0.1, 0.15) is 0 Å². The summed E-state index contributed by atoms with van der Waals surface area (Å²) in [5, 5.41) is 0. The summed E-state index contributed by atoms with van der Waals surface area (Å²) in [5.74, 6) is -1.21. The van der Waals surface area contributed by atoms with E-state index in [-0.39, 0.29) is 24.1 Å². The van der Waals surface area contributed by atoms with Gasteiger partial charge in [0.05, 0.1) is 19.1 Å². The fourth-order valence-electron chi connectivity index (χ4n) is 2.67. The minimum Gasteiger partial charge on any atom is -0.466 e. The summed E-state index contributed by atoms with van der Waals surface area (Å²) >= 11 is 0. The first-order valence-corrected chi connectivity index (χ1v) is 7.14. The molecule has 1 atom stereocenters. The molecule has 0 aliphatic heterocycles. The van der Waals surface area contributed by atoms with E-state index in [0.29, 0.717) is 6.61 Å². The van der Waals surface area contributed by atoms with Crippen LogP contribution >= 0.6 is 0 Å². The molecule has 0 aromatic heterocycles. The maximum Gasteiger partial charge on any atom is 0.334 e. The molecule has 0 amide bonds. The Balaban J connectivity index is 2.81. The third-order valence-electron chi connectivity index (χ3n) is 3.57. The Kier molecular flexibility index (Phi) is 6.60. The Bertz CT molecular complexity index is 329. The normalized spacial score (nSPS) is 17.6. The van der Waals surface area contributed by atoms with Gasteiger partial charge in [0.15, 0.2) is 0 Å². The maximum atomic E-state index is 12.1. The minimum absolute atomic E-state index is 0.157. The summed E-state index contributed by atoms with van der Waals surface area (Å²) in [4.78, 5) is 23.9. The van der Waals surface area contributed by atoms with Gasteiger partial charge in [-0.3, -0.25) is 4.79 Å².